The van der Waals surface area contributed by atoms with Crippen molar-refractivity contribution in [2.24, 2.45) is 0 Å². The molecule has 1 aliphatic heterocycles. The summed E-state index contributed by atoms with van der Waals surface area (Å²) in [5.74, 6) is -0.141. The standard InChI is InChI=1S/C17H22Cl2N2O2/c1-17(2,21-7-9-23-10-8-21)12-20-16(22)6-4-13-3-5-14(18)11-15(13)19/h3-6,11H,7-10,12H2,1-2H3,(H,20,22)/b6-4+. The zero-order valence-corrected chi connectivity index (χ0v) is 15.0. The highest BCUT2D eigenvalue weighted by atomic mass is 35.5. The topological polar surface area (TPSA) is 41.6 Å². The Labute approximate surface area is 147 Å². The van der Waals surface area contributed by atoms with Crippen molar-refractivity contribution >= 4 is 35.2 Å². The lowest BCUT2D eigenvalue weighted by Gasteiger charge is -2.40. The maximum absolute atomic E-state index is 12.0. The van der Waals surface area contributed by atoms with E-state index in [9.17, 15) is 4.79 Å². The van der Waals surface area contributed by atoms with Crippen LogP contribution in [0.3, 0.4) is 0 Å². The molecule has 0 atom stereocenters. The number of benzene rings is 1. The van der Waals surface area contributed by atoms with Crippen molar-refractivity contribution in [3.05, 3.63) is 39.9 Å². The van der Waals surface area contributed by atoms with Crippen molar-refractivity contribution in [2.45, 2.75) is 19.4 Å². The van der Waals surface area contributed by atoms with E-state index in [0.29, 0.717) is 16.6 Å². The number of amides is 1. The Balaban J connectivity index is 1.87. The second kappa shape index (κ2) is 8.15. The molecular formula is C17H22Cl2N2O2. The van der Waals surface area contributed by atoms with Crippen molar-refractivity contribution in [3.8, 4) is 0 Å². The van der Waals surface area contributed by atoms with Crippen LogP contribution >= 0.6 is 23.2 Å². The molecule has 23 heavy (non-hydrogen) atoms. The lowest BCUT2D eigenvalue weighted by molar-refractivity contribution is -0.117. The maximum Gasteiger partial charge on any atom is 0.244 e. The lowest BCUT2D eigenvalue weighted by Crippen LogP contribution is -2.55. The van der Waals surface area contributed by atoms with Gasteiger partial charge in [0.15, 0.2) is 0 Å². The van der Waals surface area contributed by atoms with Gasteiger partial charge in [0.05, 0.1) is 13.2 Å². The minimum atomic E-state index is -0.141. The summed E-state index contributed by atoms with van der Waals surface area (Å²) in [5, 5.41) is 4.04. The summed E-state index contributed by atoms with van der Waals surface area (Å²) in [6, 6.07) is 5.18. The number of hydrogen-bond acceptors (Lipinski definition) is 3. The molecule has 0 unspecified atom stereocenters. The minimum Gasteiger partial charge on any atom is -0.379 e. The number of nitrogens with one attached hydrogen (secondary N) is 1. The van der Waals surface area contributed by atoms with Crippen molar-refractivity contribution in [1.82, 2.24) is 10.2 Å². The van der Waals surface area contributed by atoms with Crippen LogP contribution in [0.25, 0.3) is 6.08 Å². The molecule has 1 saturated heterocycles. The molecule has 0 saturated carbocycles. The number of carbonyl (C=O) groups is 1. The number of carbonyl (C=O) groups excluding carboxylic acids is 1. The van der Waals surface area contributed by atoms with Gasteiger partial charge in [0.1, 0.15) is 0 Å². The molecular weight excluding hydrogens is 335 g/mol. The molecule has 1 aromatic carbocycles. The first-order valence-electron chi connectivity index (χ1n) is 7.62. The normalized spacial score (nSPS) is 16.7. The van der Waals surface area contributed by atoms with Crippen LogP contribution < -0.4 is 5.32 Å². The van der Waals surface area contributed by atoms with E-state index >= 15 is 0 Å². The first kappa shape index (κ1) is 18.3. The fraction of sp³-hybridized carbons (Fsp3) is 0.471. The van der Waals surface area contributed by atoms with Gasteiger partial charge in [-0.15, -0.1) is 0 Å². The summed E-state index contributed by atoms with van der Waals surface area (Å²) >= 11 is 11.9. The third-order valence-electron chi connectivity index (χ3n) is 3.94. The number of morpholine rings is 1. The SMILES string of the molecule is CC(C)(CNC(=O)/C=C/c1ccc(Cl)cc1Cl)N1CCOCC1. The summed E-state index contributed by atoms with van der Waals surface area (Å²) < 4.78 is 5.37. The van der Waals surface area contributed by atoms with Gasteiger partial charge >= 0.3 is 0 Å². The van der Waals surface area contributed by atoms with E-state index in [2.05, 4.69) is 24.1 Å². The summed E-state index contributed by atoms with van der Waals surface area (Å²) in [4.78, 5) is 14.3. The summed E-state index contributed by atoms with van der Waals surface area (Å²) in [7, 11) is 0. The molecule has 0 bridgehead atoms. The molecule has 4 nitrogen and oxygen atoms in total. The van der Waals surface area contributed by atoms with Crippen LogP contribution in [0.5, 0.6) is 0 Å². The molecule has 0 spiro atoms. The van der Waals surface area contributed by atoms with E-state index < -0.39 is 0 Å². The van der Waals surface area contributed by atoms with E-state index in [0.717, 1.165) is 31.9 Å². The average Bonchev–Trinajstić information content (AvgIpc) is 2.53. The molecule has 0 aliphatic carbocycles. The third-order valence-corrected chi connectivity index (χ3v) is 4.50. The van der Waals surface area contributed by atoms with Gasteiger partial charge in [-0.05, 0) is 37.6 Å². The van der Waals surface area contributed by atoms with E-state index in [1.165, 1.54) is 6.08 Å². The monoisotopic (exact) mass is 356 g/mol. The number of hydrogen-bond donors (Lipinski definition) is 1. The molecule has 1 aromatic rings. The number of halogens is 2. The fourth-order valence-corrected chi connectivity index (χ4v) is 2.92. The van der Waals surface area contributed by atoms with Gasteiger partial charge in [-0.1, -0.05) is 29.3 Å². The Kier molecular flexibility index (Phi) is 6.48. The highest BCUT2D eigenvalue weighted by molar-refractivity contribution is 6.35. The van der Waals surface area contributed by atoms with Gasteiger partial charge in [-0.25, -0.2) is 0 Å². The van der Waals surface area contributed by atoms with Crippen LogP contribution in [0, 0.1) is 0 Å². The van der Waals surface area contributed by atoms with Crippen molar-refractivity contribution in [2.75, 3.05) is 32.8 Å². The van der Waals surface area contributed by atoms with Crippen LogP contribution in [0.2, 0.25) is 10.0 Å². The van der Waals surface area contributed by atoms with Crippen LogP contribution in [0.15, 0.2) is 24.3 Å². The average molecular weight is 357 g/mol. The zero-order chi connectivity index (χ0) is 16.9. The van der Waals surface area contributed by atoms with E-state index in [4.69, 9.17) is 27.9 Å². The molecule has 1 heterocycles. The molecule has 1 amide bonds. The Morgan fingerprint density at radius 3 is 2.70 bits per heavy atom. The van der Waals surface area contributed by atoms with Crippen molar-refractivity contribution in [1.29, 1.82) is 0 Å². The molecule has 6 heteroatoms. The summed E-state index contributed by atoms with van der Waals surface area (Å²) in [6.07, 6.45) is 3.18. The highest BCUT2D eigenvalue weighted by Gasteiger charge is 2.28. The number of rotatable bonds is 5. The smallest absolute Gasteiger partial charge is 0.244 e. The van der Waals surface area contributed by atoms with E-state index in [-0.39, 0.29) is 11.4 Å². The first-order chi connectivity index (χ1) is 10.9. The second-order valence-electron chi connectivity index (χ2n) is 6.13. The van der Waals surface area contributed by atoms with Crippen molar-refractivity contribution < 1.29 is 9.53 Å². The van der Waals surface area contributed by atoms with Gasteiger partial charge in [0.2, 0.25) is 5.91 Å². The van der Waals surface area contributed by atoms with E-state index in [1.54, 1.807) is 24.3 Å². The van der Waals surface area contributed by atoms with Crippen LogP contribution in [0.1, 0.15) is 19.4 Å². The van der Waals surface area contributed by atoms with Crippen molar-refractivity contribution in [3.63, 3.8) is 0 Å². The maximum atomic E-state index is 12.0. The largest absolute Gasteiger partial charge is 0.379 e. The molecule has 126 valence electrons. The first-order valence-corrected chi connectivity index (χ1v) is 8.38. The predicted molar refractivity (Wildman–Crippen MR) is 95.0 cm³/mol. The van der Waals surface area contributed by atoms with Gasteiger partial charge < -0.3 is 10.1 Å². The Morgan fingerprint density at radius 2 is 2.04 bits per heavy atom. The van der Waals surface area contributed by atoms with Gasteiger partial charge in [0.25, 0.3) is 0 Å². The Bertz CT molecular complexity index is 582. The quantitative estimate of drug-likeness (QED) is 0.823. The summed E-state index contributed by atoms with van der Waals surface area (Å²) in [6.45, 7) is 8.08. The summed E-state index contributed by atoms with van der Waals surface area (Å²) in [5.41, 5.74) is 0.657. The molecule has 0 radical (unpaired) electrons. The molecule has 0 aromatic heterocycles. The zero-order valence-electron chi connectivity index (χ0n) is 13.4. The van der Waals surface area contributed by atoms with Gasteiger partial charge in [0, 0.05) is 41.3 Å². The molecule has 1 aliphatic rings. The Morgan fingerprint density at radius 1 is 1.35 bits per heavy atom. The van der Waals surface area contributed by atoms with Gasteiger partial charge in [-0.2, -0.15) is 0 Å². The predicted octanol–water partition coefficient (Wildman–Crippen LogP) is 3.23. The van der Waals surface area contributed by atoms with Crippen LogP contribution in [-0.4, -0.2) is 49.2 Å². The highest BCUT2D eigenvalue weighted by Crippen LogP contribution is 2.22. The minimum absolute atomic E-state index is 0.106. The van der Waals surface area contributed by atoms with E-state index in [1.807, 2.05) is 0 Å². The van der Waals surface area contributed by atoms with Crippen LogP contribution in [-0.2, 0) is 9.53 Å². The lowest BCUT2D eigenvalue weighted by atomic mass is 10.0. The number of ether oxygens (including phenoxy) is 1. The van der Waals surface area contributed by atoms with Gasteiger partial charge in [-0.3, -0.25) is 9.69 Å². The third kappa shape index (κ3) is 5.50. The number of nitrogens with zero attached hydrogens (tertiary/aromatic N) is 1. The fourth-order valence-electron chi connectivity index (χ4n) is 2.44. The Hall–Kier alpha value is -1.07. The molecule has 2 rings (SSSR count). The molecule has 1 fully saturated rings. The molecule has 1 N–H and O–H groups in total. The van der Waals surface area contributed by atoms with Crippen LogP contribution in [0.4, 0.5) is 0 Å². The second-order valence-corrected chi connectivity index (χ2v) is 6.97.